The van der Waals surface area contributed by atoms with Crippen LogP contribution in [-0.2, 0) is 15.9 Å². The van der Waals surface area contributed by atoms with E-state index in [2.05, 4.69) is 26.8 Å². The van der Waals surface area contributed by atoms with Crippen molar-refractivity contribution in [2.45, 2.75) is 57.1 Å². The van der Waals surface area contributed by atoms with Gasteiger partial charge in [0.25, 0.3) is 0 Å². The normalized spacial score (nSPS) is 22.6. The molecule has 3 heteroatoms. The van der Waals surface area contributed by atoms with Crippen LogP contribution in [0.5, 0.6) is 0 Å². The molecule has 1 aliphatic heterocycles. The lowest BCUT2D eigenvalue weighted by Gasteiger charge is -2.09. The van der Waals surface area contributed by atoms with E-state index < -0.39 is 11.2 Å². The highest BCUT2D eigenvalue weighted by atomic mass is 32.2. The van der Waals surface area contributed by atoms with E-state index in [0.717, 1.165) is 17.7 Å². The molecule has 1 saturated heterocycles. The Hall–Kier alpha value is -0.770. The van der Waals surface area contributed by atoms with E-state index in [4.69, 9.17) is 4.74 Å². The molecule has 1 heterocycles. The first-order chi connectivity index (χ1) is 9.38. The number of allylic oxidation sites excluding steroid dienone is 1. The van der Waals surface area contributed by atoms with Gasteiger partial charge in [0.2, 0.25) is 0 Å². The van der Waals surface area contributed by atoms with Crippen molar-refractivity contribution < 1.29 is 9.29 Å². The Morgan fingerprint density at radius 2 is 1.95 bits per heavy atom. The van der Waals surface area contributed by atoms with Crippen molar-refractivity contribution in [3.05, 3.63) is 41.5 Å². The van der Waals surface area contributed by atoms with E-state index in [1.165, 1.54) is 11.1 Å². The summed E-state index contributed by atoms with van der Waals surface area (Å²) < 4.78 is 17.7. The van der Waals surface area contributed by atoms with Crippen LogP contribution in [0.3, 0.4) is 0 Å². The predicted octanol–water partition coefficient (Wildman–Crippen LogP) is 4.01. The van der Waals surface area contributed by atoms with Gasteiger partial charge in [0, 0.05) is 0 Å². The number of epoxide rings is 1. The molecule has 20 heavy (non-hydrogen) atoms. The molecule has 1 fully saturated rings. The highest BCUT2D eigenvalue weighted by Gasteiger charge is 2.46. The van der Waals surface area contributed by atoms with Crippen molar-refractivity contribution in [1.82, 2.24) is 0 Å². The summed E-state index contributed by atoms with van der Waals surface area (Å²) in [5.41, 5.74) is 2.58. The van der Waals surface area contributed by atoms with E-state index in [1.807, 2.05) is 31.2 Å². The van der Waals surface area contributed by atoms with Gasteiger partial charge in [0.1, 0.15) is 5.75 Å². The van der Waals surface area contributed by atoms with Crippen molar-refractivity contribution in [3.63, 3.8) is 0 Å². The molecular weight excluding hydrogens is 268 g/mol. The maximum Gasteiger partial charge on any atom is 0.153 e. The van der Waals surface area contributed by atoms with E-state index in [1.54, 1.807) is 0 Å². The minimum atomic E-state index is -0.934. The lowest BCUT2D eigenvalue weighted by molar-refractivity contribution is 0.320. The lowest BCUT2D eigenvalue weighted by Crippen LogP contribution is -2.06. The summed E-state index contributed by atoms with van der Waals surface area (Å²) in [4.78, 5) is 0.909. The number of benzene rings is 1. The lowest BCUT2D eigenvalue weighted by atomic mass is 10.0. The Kier molecular flexibility index (Phi) is 4.95. The SMILES string of the molecule is C/C(=C\C[S+]([O-])c1ccc(C)cc1)CCC1OC1(C)C. The molecule has 0 radical (unpaired) electrons. The Balaban J connectivity index is 1.77. The average Bonchev–Trinajstić information content (AvgIpc) is 3.02. The zero-order valence-electron chi connectivity index (χ0n) is 12.8. The van der Waals surface area contributed by atoms with Gasteiger partial charge in [0.15, 0.2) is 4.90 Å². The fourth-order valence-corrected chi connectivity index (χ4v) is 3.27. The largest absolute Gasteiger partial charge is 0.611 e. The molecule has 0 N–H and O–H groups in total. The molecule has 2 nitrogen and oxygen atoms in total. The predicted molar refractivity (Wildman–Crippen MR) is 84.4 cm³/mol. The summed E-state index contributed by atoms with van der Waals surface area (Å²) in [7, 11) is 0. The topological polar surface area (TPSA) is 35.6 Å². The maximum absolute atomic E-state index is 12.2. The molecule has 0 amide bonds. The minimum Gasteiger partial charge on any atom is -0.611 e. The van der Waals surface area contributed by atoms with Crippen molar-refractivity contribution in [1.29, 1.82) is 0 Å². The van der Waals surface area contributed by atoms with Crippen molar-refractivity contribution >= 4 is 11.2 Å². The summed E-state index contributed by atoms with van der Waals surface area (Å²) in [6.07, 6.45) is 4.59. The smallest absolute Gasteiger partial charge is 0.153 e. The molecule has 0 aliphatic carbocycles. The van der Waals surface area contributed by atoms with Crippen LogP contribution in [0.25, 0.3) is 0 Å². The van der Waals surface area contributed by atoms with Crippen LogP contribution in [0.2, 0.25) is 0 Å². The Bertz CT molecular complexity index is 476. The second-order valence-corrected chi connectivity index (χ2v) is 7.62. The van der Waals surface area contributed by atoms with E-state index in [0.29, 0.717) is 11.9 Å². The summed E-state index contributed by atoms with van der Waals surface area (Å²) >= 11 is -0.934. The number of aryl methyl sites for hydroxylation is 1. The molecule has 1 aromatic carbocycles. The van der Waals surface area contributed by atoms with Gasteiger partial charge in [0.05, 0.1) is 11.7 Å². The third kappa shape index (κ3) is 4.37. The van der Waals surface area contributed by atoms with Gasteiger partial charge in [-0.3, -0.25) is 0 Å². The molecular formula is C17H24O2S. The Morgan fingerprint density at radius 1 is 1.35 bits per heavy atom. The number of rotatable bonds is 6. The van der Waals surface area contributed by atoms with Gasteiger partial charge in [-0.05, 0) is 69.9 Å². The molecule has 0 saturated carbocycles. The molecule has 2 unspecified atom stereocenters. The average molecular weight is 292 g/mol. The third-order valence-corrected chi connectivity index (χ3v) is 5.10. The van der Waals surface area contributed by atoms with E-state index in [9.17, 15) is 4.55 Å². The van der Waals surface area contributed by atoms with Gasteiger partial charge in [-0.15, -0.1) is 0 Å². The van der Waals surface area contributed by atoms with Crippen LogP contribution in [0.15, 0.2) is 40.8 Å². The van der Waals surface area contributed by atoms with Crippen molar-refractivity contribution in [2.75, 3.05) is 5.75 Å². The summed E-state index contributed by atoms with van der Waals surface area (Å²) in [5, 5.41) is 0. The zero-order valence-corrected chi connectivity index (χ0v) is 13.6. The number of ether oxygens (including phenoxy) is 1. The molecule has 1 aromatic rings. The highest BCUT2D eigenvalue weighted by Crippen LogP contribution is 2.38. The fraction of sp³-hybridized carbons (Fsp3) is 0.529. The van der Waals surface area contributed by atoms with Gasteiger partial charge in [-0.2, -0.15) is 0 Å². The summed E-state index contributed by atoms with van der Waals surface area (Å²) in [6, 6.07) is 7.93. The minimum absolute atomic E-state index is 0.0744. The Labute approximate surface area is 125 Å². The molecule has 0 spiro atoms. The first kappa shape index (κ1) is 15.6. The van der Waals surface area contributed by atoms with Crippen LogP contribution in [0.1, 0.15) is 39.2 Å². The highest BCUT2D eigenvalue weighted by molar-refractivity contribution is 7.91. The first-order valence-electron chi connectivity index (χ1n) is 7.17. The second kappa shape index (κ2) is 6.33. The van der Waals surface area contributed by atoms with Gasteiger partial charge >= 0.3 is 0 Å². The summed E-state index contributed by atoms with van der Waals surface area (Å²) in [6.45, 7) is 8.41. The van der Waals surface area contributed by atoms with Crippen molar-refractivity contribution in [2.24, 2.45) is 0 Å². The first-order valence-corrected chi connectivity index (χ1v) is 8.49. The molecule has 0 bridgehead atoms. The zero-order chi connectivity index (χ0) is 14.8. The third-order valence-electron chi connectivity index (χ3n) is 3.83. The van der Waals surface area contributed by atoms with Crippen LogP contribution in [0.4, 0.5) is 0 Å². The summed E-state index contributed by atoms with van der Waals surface area (Å²) in [5.74, 6) is 0.601. The van der Waals surface area contributed by atoms with Crippen LogP contribution in [-0.4, -0.2) is 22.0 Å². The number of hydrogen-bond acceptors (Lipinski definition) is 2. The molecule has 1 aliphatic rings. The van der Waals surface area contributed by atoms with Crippen molar-refractivity contribution in [3.8, 4) is 0 Å². The molecule has 110 valence electrons. The van der Waals surface area contributed by atoms with Crippen LogP contribution >= 0.6 is 0 Å². The molecule has 2 atom stereocenters. The van der Waals surface area contributed by atoms with Gasteiger partial charge < -0.3 is 9.29 Å². The quantitative estimate of drug-likeness (QED) is 0.451. The Morgan fingerprint density at radius 3 is 2.50 bits per heavy atom. The monoisotopic (exact) mass is 292 g/mol. The maximum atomic E-state index is 12.2. The van der Waals surface area contributed by atoms with Crippen LogP contribution < -0.4 is 0 Å². The molecule has 2 rings (SSSR count). The second-order valence-electron chi connectivity index (χ2n) is 6.12. The number of hydrogen-bond donors (Lipinski definition) is 0. The van der Waals surface area contributed by atoms with E-state index >= 15 is 0 Å². The van der Waals surface area contributed by atoms with Gasteiger partial charge in [-0.1, -0.05) is 23.3 Å². The van der Waals surface area contributed by atoms with Gasteiger partial charge in [-0.25, -0.2) is 0 Å². The molecule has 0 aromatic heterocycles. The van der Waals surface area contributed by atoms with E-state index in [-0.39, 0.29) is 5.60 Å². The van der Waals surface area contributed by atoms with Crippen LogP contribution in [0, 0.1) is 6.92 Å². The standard InChI is InChI=1S/C17H24O2S/c1-13-5-8-15(9-6-13)20(18)12-11-14(2)7-10-16-17(3,4)19-16/h5-6,8-9,11,16H,7,10,12H2,1-4H3/b14-11+. The fourth-order valence-electron chi connectivity index (χ4n) is 2.20.